The van der Waals surface area contributed by atoms with Crippen molar-refractivity contribution in [3.05, 3.63) is 94.0 Å². The van der Waals surface area contributed by atoms with Crippen LogP contribution in [-0.4, -0.2) is 61.3 Å². The van der Waals surface area contributed by atoms with Crippen LogP contribution in [0.3, 0.4) is 0 Å². The second-order valence-electron chi connectivity index (χ2n) is 16.7. The zero-order chi connectivity index (χ0) is 44.3. The summed E-state index contributed by atoms with van der Waals surface area (Å²) in [7, 11) is 0. The number of fused-ring (bicyclic) bond motifs is 2. The molecule has 4 aromatic rings. The Labute approximate surface area is 360 Å². The quantitative estimate of drug-likeness (QED) is 0.100. The lowest BCUT2D eigenvalue weighted by Gasteiger charge is -2.17. The minimum Gasteiger partial charge on any atom is -0.492 e. The number of carbonyl (C=O) groups excluding carboxylic acids is 4. The first-order chi connectivity index (χ1) is 29.7. The predicted molar refractivity (Wildman–Crippen MR) is 231 cm³/mol. The Hall–Kier alpha value is -6.74. The highest BCUT2D eigenvalue weighted by atomic mass is 16.6. The van der Waals surface area contributed by atoms with Crippen molar-refractivity contribution in [1.82, 2.24) is 0 Å². The Morgan fingerprint density at radius 3 is 1.29 bits per heavy atom. The van der Waals surface area contributed by atoms with Gasteiger partial charge in [-0.25, -0.2) is 0 Å². The summed E-state index contributed by atoms with van der Waals surface area (Å²) in [6, 6.07) is 24.4. The fourth-order valence-corrected chi connectivity index (χ4v) is 7.81. The van der Waals surface area contributed by atoms with Gasteiger partial charge in [0.25, 0.3) is 11.8 Å². The highest BCUT2D eigenvalue weighted by molar-refractivity contribution is 6.02. The van der Waals surface area contributed by atoms with Crippen LogP contribution in [0.2, 0.25) is 0 Å². The lowest BCUT2D eigenvalue weighted by molar-refractivity contribution is -0.123. The Balaban J connectivity index is 0.000000186. The molecule has 2 atom stereocenters. The van der Waals surface area contributed by atoms with Crippen molar-refractivity contribution < 1.29 is 38.1 Å². The number of anilines is 2. The van der Waals surface area contributed by atoms with Crippen LogP contribution in [0.1, 0.15) is 98.6 Å². The lowest BCUT2D eigenvalue weighted by atomic mass is 9.93. The molecule has 6 N–H and O–H groups in total. The second kappa shape index (κ2) is 17.7. The number of primary amides is 2. The van der Waals surface area contributed by atoms with Crippen LogP contribution >= 0.6 is 0 Å². The molecule has 4 amide bonds. The fourth-order valence-electron chi connectivity index (χ4n) is 7.81. The Morgan fingerprint density at radius 2 is 1.00 bits per heavy atom. The summed E-state index contributed by atoms with van der Waals surface area (Å²) >= 11 is 0. The number of benzene rings is 4. The maximum atomic E-state index is 12.9. The molecule has 14 nitrogen and oxygen atoms in total. The number of epoxide rings is 2. The van der Waals surface area contributed by atoms with E-state index in [2.05, 4.69) is 74.7 Å². The monoisotopic (exact) mass is 838 g/mol. The number of carbonyl (C=O) groups is 4. The molecule has 0 radical (unpaired) electrons. The molecule has 4 heterocycles. The maximum absolute atomic E-state index is 12.9. The topological polar surface area (TPSA) is 235 Å². The van der Waals surface area contributed by atoms with Crippen LogP contribution in [0.25, 0.3) is 22.3 Å². The van der Waals surface area contributed by atoms with Gasteiger partial charge in [0, 0.05) is 47.9 Å². The van der Waals surface area contributed by atoms with E-state index in [1.165, 1.54) is 11.1 Å². The highest BCUT2D eigenvalue weighted by Crippen LogP contribution is 2.45. The van der Waals surface area contributed by atoms with Gasteiger partial charge in [0.15, 0.2) is 11.2 Å². The van der Waals surface area contributed by atoms with E-state index in [1.807, 2.05) is 24.3 Å². The van der Waals surface area contributed by atoms with Crippen LogP contribution in [0.15, 0.2) is 60.7 Å². The molecule has 0 spiro atoms. The minimum absolute atomic E-state index is 0.0595. The molecule has 2 saturated heterocycles. The molecular formula is C48H50N6O8. The predicted octanol–water partition coefficient (Wildman–Crippen LogP) is 6.51. The lowest BCUT2D eigenvalue weighted by Crippen LogP contribution is -2.33. The van der Waals surface area contributed by atoms with Crippen LogP contribution < -0.4 is 31.6 Å². The number of nitrogens with two attached hydrogens (primary N) is 2. The Bertz CT molecular complexity index is 2330. The Morgan fingerprint density at radius 1 is 0.645 bits per heavy atom. The Kier molecular flexibility index (Phi) is 12.4. The standard InChI is InChI=1S/2C24H25N3O4/c2*1-14(2)15-3-5-16(6-4-15)18-11-20(19(12-25)17-8-10-30-22(17)18)27-23(29)24(13-31-24)9-7-21(26)28/h2*3-6,11,14H,7-10,13H2,1-2H3,(H2,26,28)(H,27,29)/t2*24-/m10/s1. The molecule has 0 saturated carbocycles. The molecule has 0 aliphatic carbocycles. The van der Waals surface area contributed by atoms with Gasteiger partial charge in [0.05, 0.1) is 48.9 Å². The summed E-state index contributed by atoms with van der Waals surface area (Å²) in [4.78, 5) is 48.1. The SMILES string of the molecule is CC(C)c1ccc(-c2cc(NC(=O)[C@@]3(CCC(N)=O)CO3)c(C#N)c3c2OCC3)cc1.CC(C)c1ccc(-c2cc(NC(=O)[C@]3(CCC(N)=O)CO3)c(C#N)c3c2OCC3)cc1. The van der Waals surface area contributed by atoms with E-state index in [0.717, 1.165) is 33.4 Å². The van der Waals surface area contributed by atoms with Gasteiger partial charge >= 0.3 is 0 Å². The van der Waals surface area contributed by atoms with Gasteiger partial charge in [0.2, 0.25) is 11.8 Å². The molecule has 0 bridgehead atoms. The van der Waals surface area contributed by atoms with Crippen LogP contribution in [-0.2, 0) is 41.5 Å². The van der Waals surface area contributed by atoms with E-state index < -0.39 is 23.0 Å². The minimum atomic E-state index is -1.06. The number of hydrogen-bond acceptors (Lipinski definition) is 10. The summed E-state index contributed by atoms with van der Waals surface area (Å²) in [6.07, 6.45) is 1.75. The molecule has 2 fully saturated rings. The normalized spacial score (nSPS) is 18.8. The van der Waals surface area contributed by atoms with Crippen LogP contribution in [0, 0.1) is 22.7 Å². The number of nitriles is 2. The number of nitrogens with one attached hydrogen (secondary N) is 2. The molecule has 320 valence electrons. The number of rotatable bonds is 14. The van der Waals surface area contributed by atoms with E-state index in [4.69, 9.17) is 30.4 Å². The van der Waals surface area contributed by atoms with Crippen molar-refractivity contribution in [2.45, 2.75) is 89.3 Å². The van der Waals surface area contributed by atoms with Crippen molar-refractivity contribution >= 4 is 35.0 Å². The second-order valence-corrected chi connectivity index (χ2v) is 16.7. The van der Waals surface area contributed by atoms with Crippen molar-refractivity contribution in [3.63, 3.8) is 0 Å². The number of ether oxygens (including phenoxy) is 4. The van der Waals surface area contributed by atoms with Crippen molar-refractivity contribution in [2.24, 2.45) is 11.5 Å². The zero-order valence-electron chi connectivity index (χ0n) is 35.3. The van der Waals surface area contributed by atoms with Gasteiger partial charge in [-0.3, -0.25) is 19.2 Å². The summed E-state index contributed by atoms with van der Waals surface area (Å²) in [6.45, 7) is 9.99. The number of hydrogen-bond donors (Lipinski definition) is 4. The molecule has 8 rings (SSSR count). The summed E-state index contributed by atoms with van der Waals surface area (Å²) in [5.74, 6) is 0.514. The first-order valence-corrected chi connectivity index (χ1v) is 20.8. The van der Waals surface area contributed by atoms with Crippen LogP contribution in [0.4, 0.5) is 11.4 Å². The molecular weight excluding hydrogens is 789 g/mol. The van der Waals surface area contributed by atoms with Gasteiger partial charge in [0.1, 0.15) is 23.6 Å². The molecule has 14 heteroatoms. The summed E-state index contributed by atoms with van der Waals surface area (Å²) in [5, 5.41) is 25.3. The third kappa shape index (κ3) is 8.98. The van der Waals surface area contributed by atoms with Gasteiger partial charge in [-0.15, -0.1) is 0 Å². The molecule has 4 aliphatic heterocycles. The smallest absolute Gasteiger partial charge is 0.259 e. The van der Waals surface area contributed by atoms with E-state index >= 15 is 0 Å². The van der Waals surface area contributed by atoms with Gasteiger partial charge in [-0.1, -0.05) is 76.2 Å². The van der Waals surface area contributed by atoms with E-state index in [0.29, 0.717) is 71.9 Å². The van der Waals surface area contributed by atoms with E-state index in [1.54, 1.807) is 12.1 Å². The van der Waals surface area contributed by atoms with E-state index in [-0.39, 0.29) is 50.7 Å². The van der Waals surface area contributed by atoms with E-state index in [9.17, 15) is 29.7 Å². The van der Waals surface area contributed by atoms with Gasteiger partial charge in [-0.05, 0) is 59.1 Å². The maximum Gasteiger partial charge on any atom is 0.259 e. The number of amides is 4. The zero-order valence-corrected chi connectivity index (χ0v) is 35.3. The van der Waals surface area contributed by atoms with Crippen LogP contribution in [0.5, 0.6) is 11.5 Å². The van der Waals surface area contributed by atoms with Crippen molar-refractivity contribution in [2.75, 3.05) is 37.1 Å². The van der Waals surface area contributed by atoms with Crippen molar-refractivity contribution in [3.8, 4) is 45.9 Å². The molecule has 4 aromatic carbocycles. The first kappa shape index (κ1) is 43.4. The summed E-state index contributed by atoms with van der Waals surface area (Å²) < 4.78 is 22.5. The van der Waals surface area contributed by atoms with Gasteiger partial charge in [-0.2, -0.15) is 10.5 Å². The first-order valence-electron chi connectivity index (χ1n) is 20.8. The number of nitrogens with zero attached hydrogens (tertiary/aromatic N) is 2. The molecule has 0 aromatic heterocycles. The molecule has 62 heavy (non-hydrogen) atoms. The third-order valence-electron chi connectivity index (χ3n) is 11.8. The van der Waals surface area contributed by atoms with Gasteiger partial charge < -0.3 is 41.0 Å². The average molecular weight is 839 g/mol. The summed E-state index contributed by atoms with van der Waals surface area (Å²) in [5.41, 5.74) is 17.6. The molecule has 0 unspecified atom stereocenters. The largest absolute Gasteiger partial charge is 0.492 e. The third-order valence-corrected chi connectivity index (χ3v) is 11.8. The molecule has 4 aliphatic rings. The fraction of sp³-hybridized carbons (Fsp3) is 0.375. The van der Waals surface area contributed by atoms with Crippen molar-refractivity contribution in [1.29, 1.82) is 10.5 Å². The highest BCUT2D eigenvalue weighted by Gasteiger charge is 2.53. The average Bonchev–Trinajstić information content (AvgIpc) is 4.12.